The molecular weight excluding hydrogens is 270 g/mol. The van der Waals surface area contributed by atoms with Gasteiger partial charge in [-0.1, -0.05) is 0 Å². The molecule has 0 saturated heterocycles. The van der Waals surface area contributed by atoms with Gasteiger partial charge in [0.2, 0.25) is 0 Å². The van der Waals surface area contributed by atoms with Gasteiger partial charge < -0.3 is 4.74 Å². The molecule has 7 nitrogen and oxygen atoms in total. The van der Waals surface area contributed by atoms with Crippen molar-refractivity contribution in [2.75, 3.05) is 5.32 Å². The molecule has 0 atom stereocenters. The normalized spacial score (nSPS) is 11.3. The van der Waals surface area contributed by atoms with Crippen LogP contribution in [0.2, 0.25) is 0 Å². The minimum Gasteiger partial charge on any atom is -0.444 e. The van der Waals surface area contributed by atoms with Crippen LogP contribution in [0.4, 0.5) is 10.6 Å². The van der Waals surface area contributed by atoms with Gasteiger partial charge in [0.05, 0.1) is 23.8 Å². The number of nitrogens with zero attached hydrogens (tertiary/aromatic N) is 4. The summed E-state index contributed by atoms with van der Waals surface area (Å²) in [6, 6.07) is 1.92. The predicted molar refractivity (Wildman–Crippen MR) is 78.8 cm³/mol. The number of anilines is 1. The van der Waals surface area contributed by atoms with Gasteiger partial charge in [0.25, 0.3) is 0 Å². The first kappa shape index (κ1) is 15.0. The topological polar surface area (TPSA) is 81.9 Å². The molecule has 0 fully saturated rings. The molecule has 0 radical (unpaired) electrons. The molecule has 0 unspecified atom stereocenters. The zero-order chi connectivity index (χ0) is 15.6. The maximum absolute atomic E-state index is 11.6. The van der Waals surface area contributed by atoms with Gasteiger partial charge in [-0.3, -0.25) is 10.00 Å². The third-order valence-corrected chi connectivity index (χ3v) is 2.55. The number of carbonyl (C=O) groups excluding carboxylic acids is 1. The highest BCUT2D eigenvalue weighted by Crippen LogP contribution is 2.17. The highest BCUT2D eigenvalue weighted by atomic mass is 16.6. The van der Waals surface area contributed by atoms with Crippen molar-refractivity contribution in [3.63, 3.8) is 0 Å². The van der Waals surface area contributed by atoms with E-state index in [9.17, 15) is 4.79 Å². The Hall–Kier alpha value is -2.44. The van der Waals surface area contributed by atoms with E-state index in [1.165, 1.54) is 6.20 Å². The molecule has 0 saturated carbocycles. The predicted octanol–water partition coefficient (Wildman–Crippen LogP) is 2.53. The van der Waals surface area contributed by atoms with Crippen molar-refractivity contribution >= 4 is 11.9 Å². The fraction of sp³-hybridized carbons (Fsp3) is 0.429. The van der Waals surface area contributed by atoms with E-state index in [-0.39, 0.29) is 0 Å². The van der Waals surface area contributed by atoms with E-state index in [1.807, 2.05) is 20.0 Å². The number of aromatic nitrogens is 4. The fourth-order valence-corrected chi connectivity index (χ4v) is 1.78. The number of hydrogen-bond donors (Lipinski definition) is 1. The Labute approximate surface area is 123 Å². The lowest BCUT2D eigenvalue weighted by Crippen LogP contribution is -2.27. The maximum atomic E-state index is 11.6. The molecule has 1 amide bonds. The Balaban J connectivity index is 2.09. The van der Waals surface area contributed by atoms with Crippen LogP contribution in [0.15, 0.2) is 18.5 Å². The Morgan fingerprint density at radius 3 is 2.48 bits per heavy atom. The van der Waals surface area contributed by atoms with Crippen molar-refractivity contribution in [3.8, 4) is 11.4 Å². The summed E-state index contributed by atoms with van der Waals surface area (Å²) in [5.41, 5.74) is 1.91. The summed E-state index contributed by atoms with van der Waals surface area (Å²) in [7, 11) is 1.84. The Kier molecular flexibility index (Phi) is 3.93. The molecule has 2 aromatic rings. The molecule has 2 rings (SSSR count). The van der Waals surface area contributed by atoms with Crippen LogP contribution in [-0.4, -0.2) is 31.4 Å². The van der Waals surface area contributed by atoms with Gasteiger partial charge in [0, 0.05) is 7.05 Å². The van der Waals surface area contributed by atoms with Gasteiger partial charge in [-0.25, -0.2) is 14.8 Å². The zero-order valence-corrected chi connectivity index (χ0v) is 12.8. The van der Waals surface area contributed by atoms with Gasteiger partial charge in [0.15, 0.2) is 5.82 Å². The Bertz CT molecular complexity index is 640. The third-order valence-electron chi connectivity index (χ3n) is 2.55. The lowest BCUT2D eigenvalue weighted by molar-refractivity contribution is 0.0635. The first-order valence-corrected chi connectivity index (χ1v) is 6.58. The molecule has 2 heterocycles. The molecule has 0 aliphatic rings. The standard InChI is InChI=1S/C14H19N5O2/c1-9-6-11(19(5)18-9)10-7-16-12(8-15-10)17-13(20)21-14(2,3)4/h6-8H,1-5H3,(H,16,17,20). The summed E-state index contributed by atoms with van der Waals surface area (Å²) in [4.78, 5) is 20.1. The zero-order valence-electron chi connectivity index (χ0n) is 12.8. The molecule has 2 aromatic heterocycles. The number of rotatable bonds is 2. The smallest absolute Gasteiger partial charge is 0.413 e. The van der Waals surface area contributed by atoms with Gasteiger partial charge >= 0.3 is 6.09 Å². The fourth-order valence-electron chi connectivity index (χ4n) is 1.78. The highest BCUT2D eigenvalue weighted by Gasteiger charge is 2.16. The van der Waals surface area contributed by atoms with Gasteiger partial charge in [-0.2, -0.15) is 5.10 Å². The quantitative estimate of drug-likeness (QED) is 0.918. The molecule has 112 valence electrons. The summed E-state index contributed by atoms with van der Waals surface area (Å²) < 4.78 is 6.88. The van der Waals surface area contributed by atoms with Crippen molar-refractivity contribution in [1.82, 2.24) is 19.7 Å². The Morgan fingerprint density at radius 2 is 2.00 bits per heavy atom. The van der Waals surface area contributed by atoms with E-state index in [0.29, 0.717) is 11.5 Å². The molecule has 0 aliphatic carbocycles. The van der Waals surface area contributed by atoms with Crippen LogP contribution in [0.3, 0.4) is 0 Å². The van der Waals surface area contributed by atoms with Crippen molar-refractivity contribution in [1.29, 1.82) is 0 Å². The average molecular weight is 289 g/mol. The molecule has 7 heteroatoms. The monoisotopic (exact) mass is 289 g/mol. The average Bonchev–Trinajstić information content (AvgIpc) is 2.67. The van der Waals surface area contributed by atoms with E-state index in [0.717, 1.165) is 11.4 Å². The van der Waals surface area contributed by atoms with Gasteiger partial charge in [0.1, 0.15) is 11.3 Å². The number of aryl methyl sites for hydroxylation is 2. The molecule has 1 N–H and O–H groups in total. The summed E-state index contributed by atoms with van der Waals surface area (Å²) in [6.45, 7) is 7.31. The minimum absolute atomic E-state index is 0.340. The number of nitrogens with one attached hydrogen (secondary N) is 1. The third kappa shape index (κ3) is 4.01. The van der Waals surface area contributed by atoms with E-state index in [1.54, 1.807) is 31.6 Å². The largest absolute Gasteiger partial charge is 0.444 e. The van der Waals surface area contributed by atoms with Crippen LogP contribution in [0, 0.1) is 6.92 Å². The van der Waals surface area contributed by atoms with Gasteiger partial charge in [-0.05, 0) is 33.8 Å². The number of ether oxygens (including phenoxy) is 1. The number of hydrogen-bond acceptors (Lipinski definition) is 5. The second-order valence-corrected chi connectivity index (χ2v) is 5.71. The summed E-state index contributed by atoms with van der Waals surface area (Å²) >= 11 is 0. The van der Waals surface area contributed by atoms with E-state index >= 15 is 0 Å². The maximum Gasteiger partial charge on any atom is 0.413 e. The van der Waals surface area contributed by atoms with Crippen LogP contribution >= 0.6 is 0 Å². The first-order valence-electron chi connectivity index (χ1n) is 6.58. The van der Waals surface area contributed by atoms with Gasteiger partial charge in [-0.15, -0.1) is 0 Å². The minimum atomic E-state index is -0.555. The van der Waals surface area contributed by atoms with E-state index in [4.69, 9.17) is 4.74 Å². The summed E-state index contributed by atoms with van der Waals surface area (Å²) in [6.07, 6.45) is 2.52. The lowest BCUT2D eigenvalue weighted by atomic mass is 10.2. The highest BCUT2D eigenvalue weighted by molar-refractivity contribution is 5.83. The molecule has 0 bridgehead atoms. The second kappa shape index (κ2) is 5.51. The van der Waals surface area contributed by atoms with Crippen LogP contribution in [0.1, 0.15) is 26.5 Å². The second-order valence-electron chi connectivity index (χ2n) is 5.71. The first-order chi connectivity index (χ1) is 9.74. The van der Waals surface area contributed by atoms with Crippen molar-refractivity contribution in [2.45, 2.75) is 33.3 Å². The number of amides is 1. The molecule has 0 spiro atoms. The van der Waals surface area contributed by atoms with E-state index in [2.05, 4.69) is 20.4 Å². The molecule has 0 aromatic carbocycles. The van der Waals surface area contributed by atoms with Crippen LogP contribution in [0.25, 0.3) is 11.4 Å². The van der Waals surface area contributed by atoms with Crippen molar-refractivity contribution < 1.29 is 9.53 Å². The molecular formula is C14H19N5O2. The number of carbonyl (C=O) groups is 1. The molecule has 0 aliphatic heterocycles. The SMILES string of the molecule is Cc1cc(-c2cnc(NC(=O)OC(C)(C)C)cn2)n(C)n1. The van der Waals surface area contributed by atoms with Crippen LogP contribution in [-0.2, 0) is 11.8 Å². The molecule has 21 heavy (non-hydrogen) atoms. The Morgan fingerprint density at radius 1 is 1.29 bits per heavy atom. The van der Waals surface area contributed by atoms with Crippen LogP contribution < -0.4 is 5.32 Å². The van der Waals surface area contributed by atoms with Crippen LogP contribution in [0.5, 0.6) is 0 Å². The van der Waals surface area contributed by atoms with E-state index < -0.39 is 11.7 Å². The summed E-state index contributed by atoms with van der Waals surface area (Å²) in [5.74, 6) is 0.340. The van der Waals surface area contributed by atoms with Crippen molar-refractivity contribution in [3.05, 3.63) is 24.2 Å². The van der Waals surface area contributed by atoms with Crippen molar-refractivity contribution in [2.24, 2.45) is 7.05 Å². The lowest BCUT2D eigenvalue weighted by Gasteiger charge is -2.19. The summed E-state index contributed by atoms with van der Waals surface area (Å²) in [5, 5.41) is 6.80.